The van der Waals surface area contributed by atoms with Crippen molar-refractivity contribution in [3.8, 4) is 11.8 Å². The molecule has 0 bridgehead atoms. The maximum absolute atomic E-state index is 12.2. The summed E-state index contributed by atoms with van der Waals surface area (Å²) in [4.78, 5) is 12.2. The highest BCUT2D eigenvalue weighted by Crippen LogP contribution is 2.21. The lowest BCUT2D eigenvalue weighted by atomic mass is 10.1. The SMILES string of the molecule is COc1cccc(C(O)C(=O)NC(C#N)c2ccc(Cl)cc2)c1. The molecule has 2 atom stereocenters. The van der Waals surface area contributed by atoms with Crippen molar-refractivity contribution in [2.24, 2.45) is 0 Å². The highest BCUT2D eigenvalue weighted by Gasteiger charge is 2.22. The van der Waals surface area contributed by atoms with Gasteiger partial charge < -0.3 is 15.2 Å². The third-order valence-corrected chi connectivity index (χ3v) is 3.53. The van der Waals surface area contributed by atoms with Crippen LogP contribution >= 0.6 is 11.6 Å². The first-order valence-electron chi connectivity index (χ1n) is 6.82. The summed E-state index contributed by atoms with van der Waals surface area (Å²) in [6.07, 6.45) is -1.40. The molecule has 2 rings (SSSR count). The summed E-state index contributed by atoms with van der Waals surface area (Å²) in [7, 11) is 1.50. The van der Waals surface area contributed by atoms with Crippen LogP contribution in [0.2, 0.25) is 5.02 Å². The molecule has 1 amide bonds. The molecule has 0 spiro atoms. The molecule has 0 saturated heterocycles. The third kappa shape index (κ3) is 4.22. The number of ether oxygens (including phenoxy) is 1. The summed E-state index contributed by atoms with van der Waals surface area (Å²) < 4.78 is 5.06. The summed E-state index contributed by atoms with van der Waals surface area (Å²) in [6, 6.07) is 14.2. The van der Waals surface area contributed by atoms with E-state index in [1.165, 1.54) is 7.11 Å². The van der Waals surface area contributed by atoms with Gasteiger partial charge in [0.05, 0.1) is 13.2 Å². The zero-order chi connectivity index (χ0) is 16.8. The molecule has 0 saturated carbocycles. The van der Waals surface area contributed by atoms with Gasteiger partial charge in [-0.2, -0.15) is 5.26 Å². The molecular weight excluding hydrogens is 316 g/mol. The maximum atomic E-state index is 12.2. The Bertz CT molecular complexity index is 725. The number of carbonyl (C=O) groups is 1. The first kappa shape index (κ1) is 16.8. The summed E-state index contributed by atoms with van der Waals surface area (Å²) in [5.41, 5.74) is 0.970. The van der Waals surface area contributed by atoms with E-state index in [9.17, 15) is 15.2 Å². The number of rotatable bonds is 5. The minimum atomic E-state index is -1.40. The van der Waals surface area contributed by atoms with E-state index >= 15 is 0 Å². The Hall–Kier alpha value is -2.55. The van der Waals surface area contributed by atoms with Gasteiger partial charge in [-0.1, -0.05) is 35.9 Å². The van der Waals surface area contributed by atoms with Crippen LogP contribution in [0.3, 0.4) is 0 Å². The van der Waals surface area contributed by atoms with Crippen LogP contribution in [0, 0.1) is 11.3 Å². The van der Waals surface area contributed by atoms with Gasteiger partial charge in [0.15, 0.2) is 6.10 Å². The number of hydrogen-bond acceptors (Lipinski definition) is 4. The second kappa shape index (κ2) is 7.63. The van der Waals surface area contributed by atoms with Crippen molar-refractivity contribution in [2.45, 2.75) is 12.1 Å². The number of hydrogen-bond donors (Lipinski definition) is 2. The van der Waals surface area contributed by atoms with E-state index in [1.807, 2.05) is 6.07 Å². The van der Waals surface area contributed by atoms with Gasteiger partial charge in [0.2, 0.25) is 0 Å². The summed E-state index contributed by atoms with van der Waals surface area (Å²) in [6.45, 7) is 0. The number of carbonyl (C=O) groups excluding carboxylic acids is 1. The minimum absolute atomic E-state index is 0.384. The lowest BCUT2D eigenvalue weighted by Crippen LogP contribution is -2.32. The van der Waals surface area contributed by atoms with E-state index in [4.69, 9.17) is 16.3 Å². The normalized spacial score (nSPS) is 12.8. The van der Waals surface area contributed by atoms with Crippen LogP contribution in [0.1, 0.15) is 23.3 Å². The highest BCUT2D eigenvalue weighted by atomic mass is 35.5. The highest BCUT2D eigenvalue weighted by molar-refractivity contribution is 6.30. The molecule has 2 N–H and O–H groups in total. The third-order valence-electron chi connectivity index (χ3n) is 3.28. The summed E-state index contributed by atoms with van der Waals surface area (Å²) >= 11 is 5.80. The molecule has 2 aromatic rings. The van der Waals surface area contributed by atoms with Gasteiger partial charge >= 0.3 is 0 Å². The van der Waals surface area contributed by atoms with Crippen LogP contribution in [0.5, 0.6) is 5.75 Å². The molecule has 5 nitrogen and oxygen atoms in total. The van der Waals surface area contributed by atoms with Crippen LogP contribution in [-0.4, -0.2) is 18.1 Å². The van der Waals surface area contributed by atoms with E-state index in [2.05, 4.69) is 5.32 Å². The van der Waals surface area contributed by atoms with Crippen LogP contribution in [0.25, 0.3) is 0 Å². The van der Waals surface area contributed by atoms with E-state index in [0.29, 0.717) is 21.9 Å². The quantitative estimate of drug-likeness (QED) is 0.883. The van der Waals surface area contributed by atoms with Crippen LogP contribution in [0.4, 0.5) is 0 Å². The minimum Gasteiger partial charge on any atom is -0.497 e. The molecule has 0 aromatic heterocycles. The number of aliphatic hydroxyl groups is 1. The maximum Gasteiger partial charge on any atom is 0.254 e. The van der Waals surface area contributed by atoms with Gasteiger partial charge in [-0.3, -0.25) is 4.79 Å². The second-order valence-electron chi connectivity index (χ2n) is 4.80. The van der Waals surface area contributed by atoms with Gasteiger partial charge in [-0.15, -0.1) is 0 Å². The Morgan fingerprint density at radius 3 is 2.57 bits per heavy atom. The van der Waals surface area contributed by atoms with Gasteiger partial charge in [0.1, 0.15) is 11.8 Å². The molecule has 0 aliphatic rings. The molecule has 0 radical (unpaired) electrons. The van der Waals surface area contributed by atoms with Gasteiger partial charge in [-0.25, -0.2) is 0 Å². The Balaban J connectivity index is 2.12. The molecule has 2 unspecified atom stereocenters. The first-order chi connectivity index (χ1) is 11.0. The van der Waals surface area contributed by atoms with Crippen molar-refractivity contribution in [2.75, 3.05) is 7.11 Å². The second-order valence-corrected chi connectivity index (χ2v) is 5.24. The van der Waals surface area contributed by atoms with Crippen LogP contribution < -0.4 is 10.1 Å². The molecule has 0 fully saturated rings. The average molecular weight is 331 g/mol. The van der Waals surface area contributed by atoms with Gasteiger partial charge in [-0.05, 0) is 35.4 Å². The number of nitriles is 1. The average Bonchev–Trinajstić information content (AvgIpc) is 2.59. The van der Waals surface area contributed by atoms with E-state index < -0.39 is 18.1 Å². The predicted molar refractivity (Wildman–Crippen MR) is 85.9 cm³/mol. The van der Waals surface area contributed by atoms with Crippen molar-refractivity contribution in [3.63, 3.8) is 0 Å². The number of halogens is 1. The largest absolute Gasteiger partial charge is 0.497 e. The summed E-state index contributed by atoms with van der Waals surface area (Å²) in [5, 5.41) is 22.4. The fourth-order valence-corrected chi connectivity index (χ4v) is 2.16. The Morgan fingerprint density at radius 1 is 1.26 bits per heavy atom. The molecular formula is C17H15ClN2O3. The predicted octanol–water partition coefficient (Wildman–Crippen LogP) is 2.76. The van der Waals surface area contributed by atoms with Crippen LogP contribution in [-0.2, 0) is 4.79 Å². The zero-order valence-electron chi connectivity index (χ0n) is 12.4. The monoisotopic (exact) mass is 330 g/mol. The lowest BCUT2D eigenvalue weighted by molar-refractivity contribution is -0.130. The van der Waals surface area contributed by atoms with Crippen molar-refractivity contribution >= 4 is 17.5 Å². The molecule has 2 aromatic carbocycles. The Morgan fingerprint density at radius 2 is 1.96 bits per heavy atom. The van der Waals surface area contributed by atoms with Gasteiger partial charge in [0, 0.05) is 5.02 Å². The van der Waals surface area contributed by atoms with Crippen molar-refractivity contribution < 1.29 is 14.6 Å². The number of methoxy groups -OCH3 is 1. The zero-order valence-corrected chi connectivity index (χ0v) is 13.1. The van der Waals surface area contributed by atoms with E-state index in [1.54, 1.807) is 48.5 Å². The first-order valence-corrected chi connectivity index (χ1v) is 7.20. The van der Waals surface area contributed by atoms with Crippen LogP contribution in [0.15, 0.2) is 48.5 Å². The Kier molecular flexibility index (Phi) is 5.58. The molecule has 0 aliphatic carbocycles. The molecule has 23 heavy (non-hydrogen) atoms. The smallest absolute Gasteiger partial charge is 0.254 e. The fraction of sp³-hybridized carbons (Fsp3) is 0.176. The number of amides is 1. The molecule has 6 heteroatoms. The van der Waals surface area contributed by atoms with Crippen molar-refractivity contribution in [1.29, 1.82) is 5.26 Å². The number of aliphatic hydroxyl groups excluding tert-OH is 1. The topological polar surface area (TPSA) is 82.3 Å². The van der Waals surface area contributed by atoms with Gasteiger partial charge in [0.25, 0.3) is 5.91 Å². The van der Waals surface area contributed by atoms with Crippen molar-refractivity contribution in [1.82, 2.24) is 5.32 Å². The molecule has 0 aliphatic heterocycles. The number of benzene rings is 2. The molecule has 0 heterocycles. The van der Waals surface area contributed by atoms with Crippen molar-refractivity contribution in [3.05, 3.63) is 64.7 Å². The lowest BCUT2D eigenvalue weighted by Gasteiger charge is -2.16. The Labute approximate surface area is 139 Å². The standard InChI is InChI=1S/C17H15ClN2O3/c1-23-14-4-2-3-12(9-14)16(21)17(22)20-15(10-19)11-5-7-13(18)8-6-11/h2-9,15-16,21H,1H3,(H,20,22). The number of nitrogens with one attached hydrogen (secondary N) is 1. The fourth-order valence-electron chi connectivity index (χ4n) is 2.03. The number of nitrogens with zero attached hydrogens (tertiary/aromatic N) is 1. The van der Waals surface area contributed by atoms with E-state index in [0.717, 1.165) is 0 Å². The molecule has 118 valence electrons. The summed E-state index contributed by atoms with van der Waals surface area (Å²) in [5.74, 6) is -0.136. The van der Waals surface area contributed by atoms with E-state index in [-0.39, 0.29) is 0 Å².